The van der Waals surface area contributed by atoms with Gasteiger partial charge in [-0.25, -0.2) is 18.3 Å². The van der Waals surface area contributed by atoms with Gasteiger partial charge >= 0.3 is 0 Å². The third kappa shape index (κ3) is 17.7. The molecule has 0 bridgehead atoms. The van der Waals surface area contributed by atoms with E-state index in [1.165, 1.54) is 52.2 Å². The van der Waals surface area contributed by atoms with E-state index < -0.39 is 45.5 Å². The second-order valence-corrected chi connectivity index (χ2v) is 22.1. The predicted molar refractivity (Wildman–Crippen MR) is 375 cm³/mol. The van der Waals surface area contributed by atoms with Crippen LogP contribution in [-0.2, 0) is 42.3 Å². The zero-order valence-corrected chi connectivity index (χ0v) is 54.3. The van der Waals surface area contributed by atoms with Crippen LogP contribution in [0.2, 0.25) is 0 Å². The van der Waals surface area contributed by atoms with Crippen molar-refractivity contribution in [3.05, 3.63) is 322 Å². The number of hydrogen-bond donors (Lipinski definition) is 0. The van der Waals surface area contributed by atoms with Gasteiger partial charge in [-0.05, 0) is 175 Å². The van der Waals surface area contributed by atoms with Crippen LogP contribution >= 0.6 is 0 Å². The predicted octanol–water partition coefficient (Wildman–Crippen LogP) is 16.8. The summed E-state index contributed by atoms with van der Waals surface area (Å²) in [6, 6.07) is 58.3. The zero-order valence-electron chi connectivity index (χ0n) is 74.3. The Bertz CT molecular complexity index is 5190. The molecule has 0 spiro atoms. The molecule has 0 saturated carbocycles. The lowest BCUT2D eigenvalue weighted by Gasteiger charge is -2.07. The largest absolute Gasteiger partial charge is 0.215 e. The van der Waals surface area contributed by atoms with E-state index in [2.05, 4.69) is 87.0 Å². The van der Waals surface area contributed by atoms with E-state index in [1.807, 2.05) is 177 Å². The normalized spacial score (nSPS) is 14.1. The van der Waals surface area contributed by atoms with Crippen LogP contribution in [0.15, 0.2) is 255 Å². The molecule has 456 valence electrons. The van der Waals surface area contributed by atoms with Crippen LogP contribution in [-0.4, -0.2) is 0 Å². The molecule has 12 rings (SSSR count). The Kier molecular flexibility index (Phi) is 16.1. The first-order valence-corrected chi connectivity index (χ1v) is 29.6. The number of aryl methyl sites for hydroxylation is 13. The highest BCUT2D eigenvalue weighted by Gasteiger charge is 2.18. The Labute approximate surface area is 567 Å². The van der Waals surface area contributed by atoms with Gasteiger partial charge in [-0.1, -0.05) is 109 Å². The molecule has 0 amide bonds. The lowest BCUT2D eigenvalue weighted by molar-refractivity contribution is -0.667. The molecule has 0 radical (unpaired) electrons. The maximum Gasteiger partial charge on any atom is 0.215 e. The van der Waals surface area contributed by atoms with Crippen LogP contribution in [0.25, 0.3) is 67.5 Å². The fourth-order valence-corrected chi connectivity index (χ4v) is 10.1. The zero-order chi connectivity index (χ0) is 82.0. The lowest BCUT2D eigenvalue weighted by Crippen LogP contribution is -2.35. The lowest BCUT2D eigenvalue weighted by atomic mass is 10.0. The average Bonchev–Trinajstić information content (AvgIpc) is 0.741. The smallest absolute Gasteiger partial charge is 0.201 e. The van der Waals surface area contributed by atoms with Crippen LogP contribution in [0.4, 0.5) is 0 Å². The molecule has 0 aliphatic carbocycles. The molecule has 0 atom stereocenters. The molecule has 0 N–H and O–H groups in total. The summed E-state index contributed by atoms with van der Waals surface area (Å²) in [5, 5.41) is 0. The molecule has 0 aliphatic rings. The van der Waals surface area contributed by atoms with E-state index in [0.29, 0.717) is 22.3 Å². The number of benzene rings is 6. The molecule has 6 heterocycles. The van der Waals surface area contributed by atoms with Crippen molar-refractivity contribution in [3.8, 4) is 67.5 Å². The topological polar surface area (TPSA) is 23.3 Å². The first-order chi connectivity index (χ1) is 51.3. The average molecular weight is 1210 g/mol. The molecular weight excluding hydrogens is 1090 g/mol. The van der Waals surface area contributed by atoms with Gasteiger partial charge in [-0.2, -0.15) is 9.13 Å². The fourth-order valence-electron chi connectivity index (χ4n) is 10.1. The van der Waals surface area contributed by atoms with E-state index in [1.54, 1.807) is 48.8 Å². The summed E-state index contributed by atoms with van der Waals surface area (Å²) in [5.41, 5.74) is 20.4. The Balaban J connectivity index is 0.000000184. The Morgan fingerprint density at radius 1 is 0.300 bits per heavy atom. The van der Waals surface area contributed by atoms with Crippen LogP contribution in [0, 0.1) is 82.8 Å². The molecule has 6 aromatic heterocycles. The van der Waals surface area contributed by atoms with E-state index in [0.717, 1.165) is 61.9 Å². The Morgan fingerprint density at radius 3 is 1.36 bits per heavy atom. The minimum atomic E-state index is -2.10. The molecular formula is C84H96N6+6. The number of nitrogens with zero attached hydrogens (tertiary/aromatic N) is 6. The van der Waals surface area contributed by atoms with Gasteiger partial charge in [0.15, 0.2) is 36.2 Å². The van der Waals surface area contributed by atoms with Crippen LogP contribution in [0.5, 0.6) is 0 Å². The van der Waals surface area contributed by atoms with Crippen molar-refractivity contribution in [2.24, 2.45) is 42.3 Å². The molecule has 0 unspecified atom stereocenters. The maximum absolute atomic E-state index is 8.04. The summed E-state index contributed by atoms with van der Waals surface area (Å²) in [5.74, 6) is 0. The van der Waals surface area contributed by atoms with Crippen molar-refractivity contribution in [1.29, 1.82) is 0 Å². The molecule has 6 aromatic carbocycles. The van der Waals surface area contributed by atoms with Crippen LogP contribution in [0.3, 0.4) is 0 Å². The van der Waals surface area contributed by atoms with Gasteiger partial charge in [-0.3, -0.25) is 0 Å². The summed E-state index contributed by atoms with van der Waals surface area (Å²) in [6.07, 6.45) is 5.05. The minimum Gasteiger partial charge on any atom is -0.201 e. The molecule has 6 nitrogen and oxygen atoms in total. The van der Waals surface area contributed by atoms with E-state index in [9.17, 15) is 0 Å². The van der Waals surface area contributed by atoms with Crippen molar-refractivity contribution >= 4 is 0 Å². The maximum atomic E-state index is 8.04. The monoisotopic (exact) mass is 1210 g/mol. The van der Waals surface area contributed by atoms with Crippen molar-refractivity contribution < 1.29 is 54.8 Å². The van der Waals surface area contributed by atoms with Gasteiger partial charge in [0, 0.05) is 135 Å². The number of pyridine rings is 6. The van der Waals surface area contributed by atoms with Gasteiger partial charge in [0.25, 0.3) is 0 Å². The molecule has 0 aliphatic heterocycles. The summed E-state index contributed by atoms with van der Waals surface area (Å²) in [4.78, 5) is 0. The Morgan fingerprint density at radius 2 is 0.800 bits per heavy atom. The fraction of sp³-hybridized carbons (Fsp3) is 0.214. The molecule has 12 aromatic rings. The summed E-state index contributed by atoms with van der Waals surface area (Å²) in [7, 11) is 11.1. The quantitative estimate of drug-likeness (QED) is 0.148. The van der Waals surface area contributed by atoms with Crippen molar-refractivity contribution in [2.75, 3.05) is 0 Å². The highest BCUT2D eigenvalue weighted by molar-refractivity contribution is 5.65. The third-order valence-corrected chi connectivity index (χ3v) is 15.6. The van der Waals surface area contributed by atoms with Crippen LogP contribution in [0.1, 0.15) is 94.4 Å². The Hall–Kier alpha value is -9.78. The third-order valence-electron chi connectivity index (χ3n) is 15.6. The van der Waals surface area contributed by atoms with Crippen molar-refractivity contribution in [3.63, 3.8) is 0 Å². The minimum absolute atomic E-state index is 0.0375. The van der Waals surface area contributed by atoms with Crippen molar-refractivity contribution in [2.45, 2.75) is 82.8 Å². The van der Waals surface area contributed by atoms with E-state index >= 15 is 0 Å². The van der Waals surface area contributed by atoms with Gasteiger partial charge in [-0.15, -0.1) is 0 Å². The summed E-state index contributed by atoms with van der Waals surface area (Å²) >= 11 is 0. The number of aromatic nitrogens is 6. The van der Waals surface area contributed by atoms with Crippen LogP contribution < -0.4 is 27.4 Å². The highest BCUT2D eigenvalue weighted by atomic mass is 15.0. The first kappa shape index (κ1) is 44.6. The second-order valence-electron chi connectivity index (χ2n) is 22.1. The standard InChI is InChI=1S/C15H18N.4C14H16N.C13H14N/c1-11-9-10-15(16(4)13(11)3)14-8-6-5-7-12(14)2;1-11-7-4-5-9-13(11)14-12(2)8-6-10-15(14)3;1-11-7-4-5-9-13(11)14-10-6-8-12(2)15(14)3;1-11-8-9-15(3)14(10-11)13-7-5-4-6-12(13)2;1-11-8-9-14(15(3)10-11)13-7-5-4-6-12(13)2;1-11-7-3-4-8-12(11)13-9-5-6-10-14(13)2/h5-10H,1-4H3;4*4-10H,1-3H3;3-10H,1-2H3/q6*+1/i1D3;2D3;;2*1D3;3D,4D,5D,6D,7D,8D,9D,10D. The summed E-state index contributed by atoms with van der Waals surface area (Å²) in [6.45, 7) is 7.48. The molecule has 0 saturated heterocycles. The van der Waals surface area contributed by atoms with E-state index in [-0.39, 0.29) is 47.2 Å². The van der Waals surface area contributed by atoms with E-state index in [4.69, 9.17) is 27.4 Å². The second kappa shape index (κ2) is 32.4. The van der Waals surface area contributed by atoms with Gasteiger partial charge in [0.1, 0.15) is 43.7 Å². The van der Waals surface area contributed by atoms with Gasteiger partial charge in [0.05, 0.1) is 9.60 Å². The number of hydrogen-bond acceptors (Lipinski definition) is 0. The molecule has 6 heteroatoms. The van der Waals surface area contributed by atoms with Crippen molar-refractivity contribution in [1.82, 2.24) is 0 Å². The first-order valence-electron chi connectivity index (χ1n) is 39.6. The molecule has 0 fully saturated rings. The molecule has 90 heavy (non-hydrogen) atoms. The summed E-state index contributed by atoms with van der Waals surface area (Å²) < 4.78 is 164. The van der Waals surface area contributed by atoms with Gasteiger partial charge in [0.2, 0.25) is 34.2 Å². The van der Waals surface area contributed by atoms with Gasteiger partial charge < -0.3 is 0 Å². The highest BCUT2D eigenvalue weighted by Crippen LogP contribution is 2.26. The SMILES string of the molecule is Cc1ccccc1-c1cccc(C)[n+]1C.[2H]C([2H])([2H])c1cc[n+](C)c(-c2ccccc2C)c1.[2H]C([2H])([2H])c1ccc(-c2ccccc2C)[n+](C)c1.[2H]C([2H])([2H])c1ccc(-c2ccccc2C)[n+](C)c1C.[2H]C([2H])([2H])c1ccc[n+](C)c1-c1ccccc1C.[2H]c1c([2H])c([2H])c(-c2c([2H])c([2H])c([2H])c([2H])[n+]2C)c(C)c1[2H]. The number of rotatable bonds is 6.